The van der Waals surface area contributed by atoms with Crippen LogP contribution < -0.4 is 10.6 Å². The van der Waals surface area contributed by atoms with Gasteiger partial charge in [0.25, 0.3) is 0 Å². The third-order valence-electron chi connectivity index (χ3n) is 2.67. The van der Waals surface area contributed by atoms with Crippen molar-refractivity contribution in [1.29, 1.82) is 0 Å². The molecule has 2 N–H and O–H groups in total. The molecule has 1 amide bonds. The van der Waals surface area contributed by atoms with Crippen molar-refractivity contribution in [2.24, 2.45) is 0 Å². The molecule has 0 heterocycles. The van der Waals surface area contributed by atoms with Crippen LogP contribution in [-0.2, 0) is 4.79 Å². The van der Waals surface area contributed by atoms with Gasteiger partial charge in [-0.25, -0.2) is 0 Å². The van der Waals surface area contributed by atoms with E-state index in [0.29, 0.717) is 10.7 Å². The lowest BCUT2D eigenvalue weighted by Gasteiger charge is -2.10. The van der Waals surface area contributed by atoms with Crippen molar-refractivity contribution < 1.29 is 4.79 Å². The summed E-state index contributed by atoms with van der Waals surface area (Å²) in [7, 11) is 0. The van der Waals surface area contributed by atoms with Crippen LogP contribution in [0.1, 0.15) is 5.56 Å². The molecule has 0 radical (unpaired) electrons. The number of amides is 1. The number of halogens is 2. The summed E-state index contributed by atoms with van der Waals surface area (Å²) in [5.41, 5.74) is 2.73. The van der Waals surface area contributed by atoms with Crippen molar-refractivity contribution >= 4 is 44.8 Å². The second kappa shape index (κ2) is 6.77. The highest BCUT2D eigenvalue weighted by Crippen LogP contribution is 2.23. The Kier molecular flexibility index (Phi) is 5.04. The summed E-state index contributed by atoms with van der Waals surface area (Å²) in [6.07, 6.45) is 0. The minimum Gasteiger partial charge on any atom is -0.375 e. The van der Waals surface area contributed by atoms with Crippen molar-refractivity contribution in [1.82, 2.24) is 0 Å². The van der Waals surface area contributed by atoms with Crippen molar-refractivity contribution in [2.45, 2.75) is 6.92 Å². The second-order valence-electron chi connectivity index (χ2n) is 4.40. The lowest BCUT2D eigenvalue weighted by Crippen LogP contribution is -2.21. The molecule has 3 nitrogen and oxygen atoms in total. The van der Waals surface area contributed by atoms with Crippen molar-refractivity contribution in [3.05, 3.63) is 57.5 Å². The molecule has 2 aromatic rings. The molecule has 0 saturated carbocycles. The predicted octanol–water partition coefficient (Wildman–Crippen LogP) is 4.46. The molecule has 2 aromatic carbocycles. The van der Waals surface area contributed by atoms with Crippen molar-refractivity contribution in [3.8, 4) is 0 Å². The quantitative estimate of drug-likeness (QED) is 0.852. The average molecular weight is 354 g/mol. The molecule has 2 rings (SSSR count). The van der Waals surface area contributed by atoms with E-state index in [0.717, 1.165) is 15.7 Å². The third-order valence-corrected chi connectivity index (χ3v) is 3.56. The fraction of sp³-hybridized carbons (Fsp3) is 0.133. The fourth-order valence-corrected chi connectivity index (χ4v) is 2.53. The van der Waals surface area contributed by atoms with Gasteiger partial charge in [0.15, 0.2) is 0 Å². The Bertz CT molecular complexity index is 631. The summed E-state index contributed by atoms with van der Waals surface area (Å²) in [6, 6.07) is 13.0. The van der Waals surface area contributed by atoms with Crippen LogP contribution in [0, 0.1) is 6.92 Å². The number of aryl methyl sites for hydroxylation is 1. The molecule has 0 aliphatic rings. The third kappa shape index (κ3) is 4.25. The van der Waals surface area contributed by atoms with Crippen LogP contribution in [0.15, 0.2) is 46.9 Å². The van der Waals surface area contributed by atoms with Crippen LogP contribution in [0.25, 0.3) is 0 Å². The maximum absolute atomic E-state index is 11.8. The van der Waals surface area contributed by atoms with Crippen LogP contribution in [0.3, 0.4) is 0 Å². The molecule has 0 bridgehead atoms. The van der Waals surface area contributed by atoms with Gasteiger partial charge in [-0.3, -0.25) is 4.79 Å². The highest BCUT2D eigenvalue weighted by atomic mass is 79.9. The summed E-state index contributed by atoms with van der Waals surface area (Å²) < 4.78 is 0.938. The van der Waals surface area contributed by atoms with E-state index >= 15 is 0 Å². The number of hydrogen-bond donors (Lipinski definition) is 2. The standard InChI is InChI=1S/C15H14BrClN2O/c1-10-5-6-14(13(16)7-10)18-9-15(20)19-12-4-2-3-11(17)8-12/h2-8,18H,9H2,1H3,(H,19,20). The summed E-state index contributed by atoms with van der Waals surface area (Å²) in [6.45, 7) is 2.20. The van der Waals surface area contributed by atoms with E-state index < -0.39 is 0 Å². The molecular formula is C15H14BrClN2O. The highest BCUT2D eigenvalue weighted by molar-refractivity contribution is 9.10. The fourth-order valence-electron chi connectivity index (χ4n) is 1.71. The largest absolute Gasteiger partial charge is 0.375 e. The molecular weight excluding hydrogens is 340 g/mol. The van der Waals surface area contributed by atoms with E-state index in [1.807, 2.05) is 25.1 Å². The smallest absolute Gasteiger partial charge is 0.243 e. The summed E-state index contributed by atoms with van der Waals surface area (Å²) in [5.74, 6) is -0.125. The Labute approximate surface area is 131 Å². The predicted molar refractivity (Wildman–Crippen MR) is 87.5 cm³/mol. The van der Waals surface area contributed by atoms with Gasteiger partial charge < -0.3 is 10.6 Å². The lowest BCUT2D eigenvalue weighted by molar-refractivity contribution is -0.114. The van der Waals surface area contributed by atoms with E-state index in [2.05, 4.69) is 26.6 Å². The number of anilines is 2. The molecule has 0 fully saturated rings. The summed E-state index contributed by atoms with van der Waals surface area (Å²) in [5, 5.41) is 6.46. The number of rotatable bonds is 4. The van der Waals surface area contributed by atoms with Crippen LogP contribution in [0.2, 0.25) is 5.02 Å². The number of benzene rings is 2. The zero-order valence-corrected chi connectivity index (χ0v) is 13.3. The first kappa shape index (κ1) is 14.9. The van der Waals surface area contributed by atoms with Crippen molar-refractivity contribution in [3.63, 3.8) is 0 Å². The van der Waals surface area contributed by atoms with E-state index in [4.69, 9.17) is 11.6 Å². The van der Waals surface area contributed by atoms with Gasteiger partial charge in [0.1, 0.15) is 0 Å². The Morgan fingerprint density at radius 2 is 2.05 bits per heavy atom. The highest BCUT2D eigenvalue weighted by Gasteiger charge is 2.05. The van der Waals surface area contributed by atoms with Gasteiger partial charge in [-0.1, -0.05) is 23.7 Å². The molecule has 0 saturated heterocycles. The molecule has 104 valence electrons. The van der Waals surface area contributed by atoms with Crippen LogP contribution in [0.4, 0.5) is 11.4 Å². The minimum absolute atomic E-state index is 0.125. The Hall–Kier alpha value is -1.52. The van der Waals surface area contributed by atoms with Gasteiger partial charge in [-0.05, 0) is 58.7 Å². The van der Waals surface area contributed by atoms with Crippen LogP contribution in [-0.4, -0.2) is 12.5 Å². The van der Waals surface area contributed by atoms with Gasteiger partial charge in [0, 0.05) is 20.9 Å². The van der Waals surface area contributed by atoms with E-state index in [1.54, 1.807) is 24.3 Å². The normalized spacial score (nSPS) is 10.2. The minimum atomic E-state index is -0.125. The molecule has 5 heteroatoms. The summed E-state index contributed by atoms with van der Waals surface area (Å²) in [4.78, 5) is 11.8. The Morgan fingerprint density at radius 3 is 2.75 bits per heavy atom. The van der Waals surface area contributed by atoms with Crippen LogP contribution in [0.5, 0.6) is 0 Å². The van der Waals surface area contributed by atoms with E-state index in [-0.39, 0.29) is 12.5 Å². The van der Waals surface area contributed by atoms with E-state index in [1.165, 1.54) is 0 Å². The van der Waals surface area contributed by atoms with Gasteiger partial charge in [-0.2, -0.15) is 0 Å². The molecule has 0 atom stereocenters. The lowest BCUT2D eigenvalue weighted by atomic mass is 10.2. The maximum atomic E-state index is 11.8. The zero-order chi connectivity index (χ0) is 14.5. The SMILES string of the molecule is Cc1ccc(NCC(=O)Nc2cccc(Cl)c2)c(Br)c1. The molecule has 20 heavy (non-hydrogen) atoms. The number of carbonyl (C=O) groups is 1. The van der Waals surface area contributed by atoms with Gasteiger partial charge in [-0.15, -0.1) is 0 Å². The molecule has 0 aliphatic carbocycles. The first-order chi connectivity index (χ1) is 9.54. The molecule has 0 spiro atoms. The zero-order valence-electron chi connectivity index (χ0n) is 10.9. The molecule has 0 unspecified atom stereocenters. The number of carbonyl (C=O) groups excluding carboxylic acids is 1. The van der Waals surface area contributed by atoms with Gasteiger partial charge in [0.05, 0.1) is 6.54 Å². The monoisotopic (exact) mass is 352 g/mol. The maximum Gasteiger partial charge on any atom is 0.243 e. The Morgan fingerprint density at radius 1 is 1.25 bits per heavy atom. The molecule has 0 aromatic heterocycles. The van der Waals surface area contributed by atoms with Gasteiger partial charge >= 0.3 is 0 Å². The Balaban J connectivity index is 1.92. The topological polar surface area (TPSA) is 41.1 Å². The second-order valence-corrected chi connectivity index (χ2v) is 5.69. The van der Waals surface area contributed by atoms with Gasteiger partial charge in [0.2, 0.25) is 5.91 Å². The first-order valence-corrected chi connectivity index (χ1v) is 7.27. The van der Waals surface area contributed by atoms with Crippen LogP contribution >= 0.6 is 27.5 Å². The van der Waals surface area contributed by atoms with Crippen molar-refractivity contribution in [2.75, 3.05) is 17.2 Å². The molecule has 0 aliphatic heterocycles. The number of hydrogen-bond acceptors (Lipinski definition) is 2. The first-order valence-electron chi connectivity index (χ1n) is 6.10. The van der Waals surface area contributed by atoms with E-state index in [9.17, 15) is 4.79 Å². The number of nitrogens with one attached hydrogen (secondary N) is 2. The summed E-state index contributed by atoms with van der Waals surface area (Å²) >= 11 is 9.33. The average Bonchev–Trinajstić information content (AvgIpc) is 2.37.